The number of hydrogen-bond donors (Lipinski definition) is 4. The molecular weight excluding hydrogens is 336 g/mol. The molecular formula is C18H32N4O4. The van der Waals surface area contributed by atoms with Crippen LogP contribution in [0, 0.1) is 5.92 Å². The summed E-state index contributed by atoms with van der Waals surface area (Å²) in [6.45, 7) is 12.3. The SMILES string of the molecule is C=C(CC)CC(C)NC(=O)CNC(=O)[C@@H](NC(=O)CNC(C)=O)C(C)C. The van der Waals surface area contributed by atoms with E-state index in [1.165, 1.54) is 6.92 Å². The van der Waals surface area contributed by atoms with Crippen LogP contribution in [0.2, 0.25) is 0 Å². The lowest BCUT2D eigenvalue weighted by atomic mass is 10.0. The van der Waals surface area contributed by atoms with Crippen molar-refractivity contribution in [1.29, 1.82) is 0 Å². The van der Waals surface area contributed by atoms with Crippen LogP contribution in [0.1, 0.15) is 47.5 Å². The number of rotatable bonds is 11. The van der Waals surface area contributed by atoms with E-state index in [9.17, 15) is 19.2 Å². The van der Waals surface area contributed by atoms with Crippen molar-refractivity contribution in [2.75, 3.05) is 13.1 Å². The molecule has 0 aromatic rings. The minimum absolute atomic E-state index is 0.0647. The number of carbonyl (C=O) groups is 4. The molecule has 0 aromatic heterocycles. The molecule has 0 radical (unpaired) electrons. The monoisotopic (exact) mass is 368 g/mol. The Bertz CT molecular complexity index is 531. The largest absolute Gasteiger partial charge is 0.352 e. The summed E-state index contributed by atoms with van der Waals surface area (Å²) in [6, 6.07) is -0.855. The Hall–Kier alpha value is -2.38. The lowest BCUT2D eigenvalue weighted by Crippen LogP contribution is -2.53. The molecule has 0 rings (SSSR count). The molecule has 148 valence electrons. The Morgan fingerprint density at radius 1 is 0.923 bits per heavy atom. The highest BCUT2D eigenvalue weighted by atomic mass is 16.2. The summed E-state index contributed by atoms with van der Waals surface area (Å²) in [6.07, 6.45) is 1.54. The molecule has 0 heterocycles. The first-order valence-electron chi connectivity index (χ1n) is 8.84. The van der Waals surface area contributed by atoms with Crippen LogP contribution < -0.4 is 21.3 Å². The van der Waals surface area contributed by atoms with Crippen LogP contribution >= 0.6 is 0 Å². The van der Waals surface area contributed by atoms with Crippen molar-refractivity contribution in [3.63, 3.8) is 0 Å². The zero-order valence-corrected chi connectivity index (χ0v) is 16.4. The zero-order valence-electron chi connectivity index (χ0n) is 16.4. The predicted octanol–water partition coefficient (Wildman–Crippen LogP) is 0.241. The first-order valence-corrected chi connectivity index (χ1v) is 8.84. The van der Waals surface area contributed by atoms with Crippen molar-refractivity contribution < 1.29 is 19.2 Å². The molecule has 0 saturated heterocycles. The van der Waals surface area contributed by atoms with Crippen molar-refractivity contribution in [3.8, 4) is 0 Å². The molecule has 4 amide bonds. The summed E-state index contributed by atoms with van der Waals surface area (Å²) < 4.78 is 0. The minimum Gasteiger partial charge on any atom is -0.352 e. The van der Waals surface area contributed by atoms with Gasteiger partial charge in [0.05, 0.1) is 13.1 Å². The first kappa shape index (κ1) is 23.6. The molecule has 0 fully saturated rings. The van der Waals surface area contributed by atoms with Crippen LogP contribution in [0.3, 0.4) is 0 Å². The number of hydrogen-bond acceptors (Lipinski definition) is 4. The summed E-state index contributed by atoms with van der Waals surface area (Å²) in [5.41, 5.74) is 1.04. The standard InChI is InChI=1S/C18H32N4O4/c1-7-12(4)8-13(5)21-15(24)10-20-18(26)17(11(2)3)22-16(25)9-19-14(6)23/h11,13,17H,4,7-10H2,1-3,5-6H3,(H,19,23)(H,20,26)(H,21,24)(H,22,25)/t13?,17-/m0/s1. The van der Waals surface area contributed by atoms with Gasteiger partial charge in [0.2, 0.25) is 23.6 Å². The Balaban J connectivity index is 4.45. The van der Waals surface area contributed by atoms with Crippen LogP contribution in [-0.2, 0) is 19.2 Å². The highest BCUT2D eigenvalue weighted by Gasteiger charge is 2.24. The van der Waals surface area contributed by atoms with E-state index in [0.29, 0.717) is 6.42 Å². The summed E-state index contributed by atoms with van der Waals surface area (Å²) >= 11 is 0. The van der Waals surface area contributed by atoms with E-state index in [0.717, 1.165) is 12.0 Å². The van der Waals surface area contributed by atoms with E-state index in [4.69, 9.17) is 0 Å². The van der Waals surface area contributed by atoms with E-state index in [2.05, 4.69) is 27.8 Å². The lowest BCUT2D eigenvalue weighted by Gasteiger charge is -2.22. The van der Waals surface area contributed by atoms with Crippen molar-refractivity contribution in [1.82, 2.24) is 21.3 Å². The van der Waals surface area contributed by atoms with Gasteiger partial charge in [0.25, 0.3) is 0 Å². The Morgan fingerprint density at radius 3 is 1.96 bits per heavy atom. The summed E-state index contributed by atoms with van der Waals surface area (Å²) in [5.74, 6) is -1.72. The third kappa shape index (κ3) is 10.5. The summed E-state index contributed by atoms with van der Waals surface area (Å²) in [7, 11) is 0. The summed E-state index contributed by atoms with van der Waals surface area (Å²) in [5, 5.41) is 10.3. The highest BCUT2D eigenvalue weighted by Crippen LogP contribution is 2.06. The van der Waals surface area contributed by atoms with Crippen molar-refractivity contribution in [2.45, 2.75) is 59.5 Å². The van der Waals surface area contributed by atoms with Gasteiger partial charge in [0.15, 0.2) is 0 Å². The van der Waals surface area contributed by atoms with Crippen LogP contribution in [0.4, 0.5) is 0 Å². The molecule has 2 atom stereocenters. The molecule has 0 aromatic carbocycles. The maximum atomic E-state index is 12.3. The fraction of sp³-hybridized carbons (Fsp3) is 0.667. The van der Waals surface area contributed by atoms with E-state index >= 15 is 0 Å². The quantitative estimate of drug-likeness (QED) is 0.391. The fourth-order valence-electron chi connectivity index (χ4n) is 2.20. The lowest BCUT2D eigenvalue weighted by molar-refractivity contribution is -0.131. The Morgan fingerprint density at radius 2 is 1.46 bits per heavy atom. The maximum Gasteiger partial charge on any atom is 0.243 e. The fourth-order valence-corrected chi connectivity index (χ4v) is 2.20. The van der Waals surface area contributed by atoms with Gasteiger partial charge >= 0.3 is 0 Å². The van der Waals surface area contributed by atoms with Gasteiger partial charge in [-0.1, -0.05) is 32.9 Å². The van der Waals surface area contributed by atoms with Gasteiger partial charge in [-0.05, 0) is 25.7 Å². The van der Waals surface area contributed by atoms with Gasteiger partial charge in [-0.25, -0.2) is 0 Å². The minimum atomic E-state index is -0.790. The van der Waals surface area contributed by atoms with E-state index in [1.54, 1.807) is 13.8 Å². The van der Waals surface area contributed by atoms with E-state index < -0.39 is 17.9 Å². The van der Waals surface area contributed by atoms with Crippen molar-refractivity contribution >= 4 is 23.6 Å². The van der Waals surface area contributed by atoms with E-state index in [1.807, 2.05) is 13.8 Å². The first-order chi connectivity index (χ1) is 12.1. The third-order valence-corrected chi connectivity index (χ3v) is 3.69. The van der Waals surface area contributed by atoms with Crippen LogP contribution in [-0.4, -0.2) is 48.8 Å². The van der Waals surface area contributed by atoms with E-state index in [-0.39, 0.29) is 36.9 Å². The topological polar surface area (TPSA) is 116 Å². The van der Waals surface area contributed by atoms with Gasteiger partial charge in [-0.2, -0.15) is 0 Å². The smallest absolute Gasteiger partial charge is 0.243 e. The normalized spacial score (nSPS) is 12.7. The van der Waals surface area contributed by atoms with Crippen molar-refractivity contribution in [3.05, 3.63) is 12.2 Å². The molecule has 0 aliphatic heterocycles. The van der Waals surface area contributed by atoms with Crippen LogP contribution in [0.5, 0.6) is 0 Å². The molecule has 0 aliphatic carbocycles. The zero-order chi connectivity index (χ0) is 20.3. The number of carbonyl (C=O) groups excluding carboxylic acids is 4. The molecule has 0 aliphatic rings. The molecule has 0 bridgehead atoms. The second-order valence-electron chi connectivity index (χ2n) is 6.69. The van der Waals surface area contributed by atoms with Gasteiger partial charge in [-0.15, -0.1) is 0 Å². The van der Waals surface area contributed by atoms with Crippen LogP contribution in [0.15, 0.2) is 12.2 Å². The molecule has 8 nitrogen and oxygen atoms in total. The predicted molar refractivity (Wildman–Crippen MR) is 100 cm³/mol. The van der Waals surface area contributed by atoms with Gasteiger partial charge in [0.1, 0.15) is 6.04 Å². The number of amides is 4. The molecule has 26 heavy (non-hydrogen) atoms. The Kier molecular flexibility index (Phi) is 10.9. The average Bonchev–Trinajstić information content (AvgIpc) is 2.54. The second kappa shape index (κ2) is 12.1. The molecule has 0 saturated carbocycles. The third-order valence-electron chi connectivity index (χ3n) is 3.69. The average molecular weight is 368 g/mol. The second-order valence-corrected chi connectivity index (χ2v) is 6.69. The maximum absolute atomic E-state index is 12.3. The Labute approximate surface area is 155 Å². The van der Waals surface area contributed by atoms with Gasteiger partial charge in [0, 0.05) is 13.0 Å². The summed E-state index contributed by atoms with van der Waals surface area (Å²) in [4.78, 5) is 46.8. The number of nitrogens with one attached hydrogen (secondary N) is 4. The van der Waals surface area contributed by atoms with Gasteiger partial charge in [-0.3, -0.25) is 19.2 Å². The van der Waals surface area contributed by atoms with Crippen molar-refractivity contribution in [2.24, 2.45) is 5.92 Å². The molecule has 8 heteroatoms. The molecule has 0 spiro atoms. The molecule has 1 unspecified atom stereocenters. The van der Waals surface area contributed by atoms with Crippen LogP contribution in [0.25, 0.3) is 0 Å². The van der Waals surface area contributed by atoms with Gasteiger partial charge < -0.3 is 21.3 Å². The molecule has 4 N–H and O–H groups in total. The highest BCUT2D eigenvalue weighted by molar-refractivity contribution is 5.92.